The first-order valence-electron chi connectivity index (χ1n) is 10.2. The third-order valence-electron chi connectivity index (χ3n) is 4.54. The van der Waals surface area contributed by atoms with Gasteiger partial charge in [0.2, 0.25) is 0 Å². The third kappa shape index (κ3) is 5.97. The number of imidazole rings is 1. The van der Waals surface area contributed by atoms with Gasteiger partial charge < -0.3 is 23.8 Å². The summed E-state index contributed by atoms with van der Waals surface area (Å²) >= 11 is 0. The van der Waals surface area contributed by atoms with Crippen LogP contribution in [0.5, 0.6) is 0 Å². The van der Waals surface area contributed by atoms with Crippen LogP contribution in [0.3, 0.4) is 0 Å². The summed E-state index contributed by atoms with van der Waals surface area (Å²) in [6.07, 6.45) is 3.77. The van der Waals surface area contributed by atoms with E-state index in [2.05, 4.69) is 19.2 Å². The number of furan rings is 1. The van der Waals surface area contributed by atoms with Gasteiger partial charge in [-0.2, -0.15) is 0 Å². The number of hydrogen-bond acceptors (Lipinski definition) is 5. The zero-order valence-electron chi connectivity index (χ0n) is 17.7. The number of carbonyl (C=O) groups is 1. The number of ether oxygens (including phenoxy) is 2. The lowest BCUT2D eigenvalue weighted by atomic mass is 10.0. The Morgan fingerprint density at radius 1 is 1.20 bits per heavy atom. The van der Waals surface area contributed by atoms with Crippen LogP contribution in [0.25, 0.3) is 11.6 Å². The Morgan fingerprint density at radius 2 is 2.00 bits per heavy atom. The maximum Gasteiger partial charge on any atom is 0.408 e. The van der Waals surface area contributed by atoms with Gasteiger partial charge in [0.05, 0.1) is 18.0 Å². The summed E-state index contributed by atoms with van der Waals surface area (Å²) in [5.41, 5.74) is 1.68. The molecule has 0 aliphatic carbocycles. The predicted molar refractivity (Wildman–Crippen MR) is 114 cm³/mol. The number of benzene rings is 1. The summed E-state index contributed by atoms with van der Waals surface area (Å²) < 4.78 is 18.4. The Balaban J connectivity index is 1.76. The molecule has 1 N–H and O–H groups in total. The lowest BCUT2D eigenvalue weighted by Crippen LogP contribution is -2.30. The Labute approximate surface area is 177 Å². The van der Waals surface area contributed by atoms with E-state index in [-0.39, 0.29) is 12.6 Å². The van der Waals surface area contributed by atoms with Gasteiger partial charge in [-0.25, -0.2) is 9.78 Å². The fraction of sp³-hybridized carbons (Fsp3) is 0.391. The molecule has 0 radical (unpaired) electrons. The maximum absolute atomic E-state index is 12.5. The van der Waals surface area contributed by atoms with E-state index >= 15 is 0 Å². The number of alkyl carbamates (subject to hydrolysis) is 1. The van der Waals surface area contributed by atoms with Gasteiger partial charge in [-0.3, -0.25) is 0 Å². The molecule has 1 aromatic carbocycles. The van der Waals surface area contributed by atoms with Crippen molar-refractivity contribution >= 4 is 6.09 Å². The van der Waals surface area contributed by atoms with Crippen LogP contribution in [0.15, 0.2) is 59.3 Å². The summed E-state index contributed by atoms with van der Waals surface area (Å²) in [5.74, 6) is 1.67. The lowest BCUT2D eigenvalue weighted by Gasteiger charge is -2.18. The normalized spacial score (nSPS) is 12.1. The second-order valence-corrected chi connectivity index (χ2v) is 7.45. The van der Waals surface area contributed by atoms with E-state index in [1.54, 1.807) is 6.26 Å². The van der Waals surface area contributed by atoms with Crippen molar-refractivity contribution in [1.82, 2.24) is 14.9 Å². The molecule has 0 saturated heterocycles. The summed E-state index contributed by atoms with van der Waals surface area (Å²) in [6, 6.07) is 13.0. The maximum atomic E-state index is 12.5. The van der Waals surface area contributed by atoms with E-state index in [9.17, 15) is 4.79 Å². The average molecular weight is 412 g/mol. The van der Waals surface area contributed by atoms with Crippen molar-refractivity contribution in [2.75, 3.05) is 6.61 Å². The number of nitrogens with one attached hydrogen (secondary N) is 1. The molecular formula is C23H29N3O4. The van der Waals surface area contributed by atoms with Crippen LogP contribution in [0, 0.1) is 5.92 Å². The summed E-state index contributed by atoms with van der Waals surface area (Å²) in [7, 11) is 0. The molecule has 2 heterocycles. The molecule has 1 atom stereocenters. The molecule has 7 heteroatoms. The number of hydrogen-bond donors (Lipinski definition) is 1. The quantitative estimate of drug-likeness (QED) is 0.499. The monoisotopic (exact) mass is 411 g/mol. The van der Waals surface area contributed by atoms with Gasteiger partial charge >= 0.3 is 6.09 Å². The van der Waals surface area contributed by atoms with E-state index in [0.717, 1.165) is 17.7 Å². The number of rotatable bonds is 10. The minimum absolute atomic E-state index is 0.220. The lowest BCUT2D eigenvalue weighted by molar-refractivity contribution is 0.0885. The zero-order valence-corrected chi connectivity index (χ0v) is 17.7. The first-order chi connectivity index (χ1) is 14.6. The molecule has 1 amide bonds. The molecule has 0 spiro atoms. The highest BCUT2D eigenvalue weighted by Crippen LogP contribution is 2.26. The van der Waals surface area contributed by atoms with E-state index < -0.39 is 6.09 Å². The molecule has 3 rings (SSSR count). The van der Waals surface area contributed by atoms with Crippen molar-refractivity contribution < 1.29 is 18.7 Å². The molecule has 0 unspecified atom stereocenters. The second-order valence-electron chi connectivity index (χ2n) is 7.45. The van der Waals surface area contributed by atoms with Crippen molar-refractivity contribution in [3.8, 4) is 11.6 Å². The average Bonchev–Trinajstić information content (AvgIpc) is 3.40. The van der Waals surface area contributed by atoms with E-state index in [4.69, 9.17) is 18.9 Å². The molecule has 0 saturated carbocycles. The summed E-state index contributed by atoms with van der Waals surface area (Å²) in [6.45, 7) is 7.31. The Morgan fingerprint density at radius 3 is 2.67 bits per heavy atom. The summed E-state index contributed by atoms with van der Waals surface area (Å²) in [4.78, 5) is 17.2. The van der Waals surface area contributed by atoms with Crippen molar-refractivity contribution in [2.24, 2.45) is 5.92 Å². The van der Waals surface area contributed by atoms with Crippen LogP contribution >= 0.6 is 0 Å². The number of carbonyl (C=O) groups excluding carboxylic acids is 1. The van der Waals surface area contributed by atoms with Gasteiger partial charge in [0, 0.05) is 12.8 Å². The van der Waals surface area contributed by atoms with Crippen LogP contribution in [0.4, 0.5) is 4.79 Å². The van der Waals surface area contributed by atoms with Gasteiger partial charge in [-0.1, -0.05) is 44.2 Å². The topological polar surface area (TPSA) is 78.5 Å². The van der Waals surface area contributed by atoms with Crippen LogP contribution in [-0.2, 0) is 22.8 Å². The first kappa shape index (κ1) is 21.6. The molecule has 30 heavy (non-hydrogen) atoms. The molecule has 0 aliphatic rings. The van der Waals surface area contributed by atoms with E-state index in [0.29, 0.717) is 30.8 Å². The Kier molecular flexibility index (Phi) is 7.68. The number of aromatic nitrogens is 2. The molecule has 160 valence electrons. The highest BCUT2D eigenvalue weighted by atomic mass is 16.5. The predicted octanol–water partition coefficient (Wildman–Crippen LogP) is 5.15. The van der Waals surface area contributed by atoms with Crippen molar-refractivity contribution in [3.63, 3.8) is 0 Å². The van der Waals surface area contributed by atoms with Crippen molar-refractivity contribution in [1.29, 1.82) is 0 Å². The number of nitrogens with zero attached hydrogens (tertiary/aromatic N) is 2. The smallest absolute Gasteiger partial charge is 0.408 e. The van der Waals surface area contributed by atoms with Crippen LogP contribution < -0.4 is 5.32 Å². The van der Waals surface area contributed by atoms with E-state index in [1.807, 2.05) is 60.2 Å². The fourth-order valence-electron chi connectivity index (χ4n) is 3.13. The summed E-state index contributed by atoms with van der Waals surface area (Å²) in [5, 5.41) is 2.97. The molecule has 0 fully saturated rings. The van der Waals surface area contributed by atoms with Crippen LogP contribution in [-0.4, -0.2) is 22.3 Å². The van der Waals surface area contributed by atoms with E-state index in [1.165, 1.54) is 0 Å². The molecule has 0 bridgehead atoms. The SMILES string of the molecule is CCOCn1cc([C@H](CC(C)C)NC(=O)OCc2ccccc2)nc1-c1ccco1. The molecule has 0 aliphatic heterocycles. The van der Waals surface area contributed by atoms with Gasteiger partial charge in [0.1, 0.15) is 13.3 Å². The first-order valence-corrected chi connectivity index (χ1v) is 10.2. The highest BCUT2D eigenvalue weighted by molar-refractivity contribution is 5.68. The third-order valence-corrected chi connectivity index (χ3v) is 4.54. The molecule has 3 aromatic rings. The standard InChI is InChI=1S/C23H29N3O4/c1-4-28-16-26-14-20(24-22(26)21-11-8-12-29-21)19(13-17(2)3)25-23(27)30-15-18-9-6-5-7-10-18/h5-12,14,17,19H,4,13,15-16H2,1-3H3,(H,25,27)/t19-/m0/s1. The van der Waals surface area contributed by atoms with Crippen molar-refractivity contribution in [3.05, 3.63) is 66.2 Å². The fourth-order valence-corrected chi connectivity index (χ4v) is 3.13. The van der Waals surface area contributed by atoms with Gasteiger partial charge in [0.15, 0.2) is 11.6 Å². The van der Waals surface area contributed by atoms with Gasteiger partial charge in [-0.15, -0.1) is 0 Å². The minimum atomic E-state index is -0.469. The Bertz CT molecular complexity index is 904. The minimum Gasteiger partial charge on any atom is -0.461 e. The largest absolute Gasteiger partial charge is 0.461 e. The molecular weight excluding hydrogens is 382 g/mol. The molecule has 7 nitrogen and oxygen atoms in total. The van der Waals surface area contributed by atoms with Gasteiger partial charge in [-0.05, 0) is 37.0 Å². The second kappa shape index (κ2) is 10.6. The Hall–Kier alpha value is -3.06. The molecule has 2 aromatic heterocycles. The zero-order chi connectivity index (χ0) is 21.3. The van der Waals surface area contributed by atoms with Crippen molar-refractivity contribution in [2.45, 2.75) is 46.6 Å². The number of amides is 1. The van der Waals surface area contributed by atoms with Gasteiger partial charge in [0.25, 0.3) is 0 Å². The van der Waals surface area contributed by atoms with Crippen LogP contribution in [0.1, 0.15) is 44.5 Å². The van der Waals surface area contributed by atoms with Crippen LogP contribution in [0.2, 0.25) is 0 Å². The highest BCUT2D eigenvalue weighted by Gasteiger charge is 2.23.